The number of pyridine rings is 1. The highest BCUT2D eigenvalue weighted by Gasteiger charge is 2.23. The molecule has 1 aliphatic carbocycles. The molecule has 136 valence electrons. The van der Waals surface area contributed by atoms with Gasteiger partial charge in [-0.15, -0.1) is 0 Å². The molecule has 0 saturated heterocycles. The molecule has 0 atom stereocenters. The van der Waals surface area contributed by atoms with E-state index in [1.54, 1.807) is 0 Å². The molecule has 0 spiro atoms. The maximum absolute atomic E-state index is 9.96. The molecule has 26 heavy (non-hydrogen) atoms. The van der Waals surface area contributed by atoms with Gasteiger partial charge in [-0.2, -0.15) is 5.26 Å². The number of nitrogens with one attached hydrogen (secondary N) is 1. The van der Waals surface area contributed by atoms with Crippen molar-refractivity contribution in [2.24, 2.45) is 0 Å². The van der Waals surface area contributed by atoms with E-state index >= 15 is 0 Å². The zero-order valence-electron chi connectivity index (χ0n) is 15.3. The third-order valence-electron chi connectivity index (χ3n) is 5.32. The van der Waals surface area contributed by atoms with Crippen LogP contribution in [0.25, 0.3) is 11.1 Å². The summed E-state index contributed by atoms with van der Waals surface area (Å²) >= 11 is 6.03. The summed E-state index contributed by atoms with van der Waals surface area (Å²) in [6, 6.07) is 10.0. The van der Waals surface area contributed by atoms with Crippen LogP contribution in [0.1, 0.15) is 68.2 Å². The number of aromatic nitrogens is 1. The van der Waals surface area contributed by atoms with Crippen LogP contribution in [0.15, 0.2) is 24.3 Å². The van der Waals surface area contributed by atoms with Crippen LogP contribution in [0, 0.1) is 11.3 Å². The van der Waals surface area contributed by atoms with Gasteiger partial charge in [0.2, 0.25) is 0 Å². The van der Waals surface area contributed by atoms with Gasteiger partial charge in [0.05, 0.1) is 11.1 Å². The fraction of sp³-hybridized carbons (Fsp3) is 0.455. The van der Waals surface area contributed by atoms with Crippen LogP contribution >= 0.6 is 11.6 Å². The predicted octanol–water partition coefficient (Wildman–Crippen LogP) is 5.49. The number of aryl methyl sites for hydroxylation is 1. The maximum atomic E-state index is 9.96. The van der Waals surface area contributed by atoms with Gasteiger partial charge in [0, 0.05) is 17.0 Å². The highest BCUT2D eigenvalue weighted by atomic mass is 35.5. The molecule has 1 aromatic heterocycles. The predicted molar refractivity (Wildman–Crippen MR) is 107 cm³/mol. The topological polar surface area (TPSA) is 64.0 Å². The summed E-state index contributed by atoms with van der Waals surface area (Å²) in [6.45, 7) is 0. The molecule has 1 heterocycles. The van der Waals surface area contributed by atoms with Crippen molar-refractivity contribution in [3.63, 3.8) is 0 Å². The molecular weight excluding hydrogens is 342 g/mol. The van der Waals surface area contributed by atoms with Crippen molar-refractivity contribution >= 4 is 17.4 Å². The molecular formula is C22H27ClN3+. The summed E-state index contributed by atoms with van der Waals surface area (Å²) in [4.78, 5) is 3.43. The van der Waals surface area contributed by atoms with Gasteiger partial charge < -0.3 is 0 Å². The first kappa shape index (κ1) is 18.7. The van der Waals surface area contributed by atoms with Crippen LogP contribution in [-0.4, -0.2) is 0 Å². The average molecular weight is 369 g/mol. The molecule has 1 aromatic carbocycles. The first-order valence-electron chi connectivity index (χ1n) is 9.73. The van der Waals surface area contributed by atoms with Crippen LogP contribution in [0.4, 0.5) is 5.82 Å². The second kappa shape index (κ2) is 9.05. The van der Waals surface area contributed by atoms with Gasteiger partial charge in [0.1, 0.15) is 11.8 Å². The van der Waals surface area contributed by atoms with Crippen molar-refractivity contribution in [2.75, 3.05) is 5.73 Å². The van der Waals surface area contributed by atoms with Gasteiger partial charge >= 0.3 is 0 Å². The van der Waals surface area contributed by atoms with Gasteiger partial charge in [0.25, 0.3) is 5.82 Å². The van der Waals surface area contributed by atoms with Gasteiger partial charge in [-0.1, -0.05) is 62.3 Å². The van der Waals surface area contributed by atoms with Gasteiger partial charge in [-0.25, -0.2) is 4.98 Å². The summed E-state index contributed by atoms with van der Waals surface area (Å²) in [5, 5.41) is 10.6. The molecule has 0 radical (unpaired) electrons. The minimum Gasteiger partial charge on any atom is -0.287 e. The number of hydrogen-bond donors (Lipinski definition) is 1. The first-order chi connectivity index (χ1) is 12.7. The zero-order valence-corrected chi connectivity index (χ0v) is 16.0. The number of benzene rings is 1. The molecule has 2 aromatic rings. The number of aromatic amines is 1. The van der Waals surface area contributed by atoms with E-state index in [0.29, 0.717) is 10.8 Å². The Hall–Kier alpha value is -2.05. The van der Waals surface area contributed by atoms with E-state index in [0.717, 1.165) is 53.6 Å². The molecule has 3 nitrogen and oxygen atoms in total. The summed E-state index contributed by atoms with van der Waals surface area (Å²) < 4.78 is 0. The highest BCUT2D eigenvalue weighted by Crippen LogP contribution is 2.32. The van der Waals surface area contributed by atoms with Crippen LogP contribution in [0.5, 0.6) is 0 Å². The Balaban J connectivity index is 2.05. The Kier molecular flexibility index (Phi) is 6.52. The monoisotopic (exact) mass is 368 g/mol. The van der Waals surface area contributed by atoms with Crippen molar-refractivity contribution in [3.05, 3.63) is 46.1 Å². The number of hydrogen-bond acceptors (Lipinski definition) is 2. The third-order valence-corrected chi connectivity index (χ3v) is 5.57. The molecule has 0 saturated carbocycles. The van der Waals surface area contributed by atoms with E-state index in [2.05, 4.69) is 11.1 Å². The quantitative estimate of drug-likeness (QED) is 0.722. The molecule has 0 fully saturated rings. The Morgan fingerprint density at radius 3 is 2.08 bits per heavy atom. The molecule has 1 aliphatic rings. The Morgan fingerprint density at radius 2 is 1.46 bits per heavy atom. The van der Waals surface area contributed by atoms with E-state index in [9.17, 15) is 5.26 Å². The molecule has 0 amide bonds. The van der Waals surface area contributed by atoms with Crippen molar-refractivity contribution < 1.29 is 4.98 Å². The van der Waals surface area contributed by atoms with E-state index < -0.39 is 0 Å². The largest absolute Gasteiger partial charge is 0.287 e. The minimum atomic E-state index is 0.578. The van der Waals surface area contributed by atoms with Crippen LogP contribution < -0.4 is 10.7 Å². The fourth-order valence-electron chi connectivity index (χ4n) is 3.93. The van der Waals surface area contributed by atoms with Crippen molar-refractivity contribution in [3.8, 4) is 17.2 Å². The molecule has 3 N–H and O–H groups in total. The Labute approximate surface area is 161 Å². The summed E-state index contributed by atoms with van der Waals surface area (Å²) in [6.07, 6.45) is 11.9. The average Bonchev–Trinajstić information content (AvgIpc) is 2.63. The molecule has 0 unspecified atom stereocenters. The number of nitriles is 1. The van der Waals surface area contributed by atoms with Crippen LogP contribution in [0.3, 0.4) is 0 Å². The first-order valence-corrected chi connectivity index (χ1v) is 10.1. The van der Waals surface area contributed by atoms with Gasteiger partial charge in [-0.3, -0.25) is 5.73 Å². The smallest absolute Gasteiger partial charge is 0.279 e. The normalized spacial score (nSPS) is 16.0. The van der Waals surface area contributed by atoms with Crippen molar-refractivity contribution in [1.29, 1.82) is 5.26 Å². The summed E-state index contributed by atoms with van der Waals surface area (Å²) in [5.74, 6) is 0.578. The van der Waals surface area contributed by atoms with Crippen LogP contribution in [-0.2, 0) is 12.8 Å². The van der Waals surface area contributed by atoms with Crippen molar-refractivity contribution in [1.82, 2.24) is 0 Å². The second-order valence-electron chi connectivity index (χ2n) is 7.19. The van der Waals surface area contributed by atoms with Gasteiger partial charge in [-0.05, 0) is 37.0 Å². The lowest BCUT2D eigenvalue weighted by molar-refractivity contribution is -0.373. The number of rotatable bonds is 1. The molecule has 0 aliphatic heterocycles. The molecule has 4 heteroatoms. The fourth-order valence-corrected chi connectivity index (χ4v) is 4.06. The number of fused-ring (bicyclic) bond motifs is 1. The van der Waals surface area contributed by atoms with E-state index in [1.807, 2.05) is 24.3 Å². The Bertz CT molecular complexity index is 791. The second-order valence-corrected chi connectivity index (χ2v) is 7.63. The summed E-state index contributed by atoms with van der Waals surface area (Å²) in [7, 11) is 0. The lowest BCUT2D eigenvalue weighted by Crippen LogP contribution is -2.22. The number of nitrogen functional groups attached to an aromatic ring is 1. The summed E-state index contributed by atoms with van der Waals surface area (Å²) in [5.41, 5.74) is 11.2. The minimum absolute atomic E-state index is 0.578. The number of nitrogens with zero attached hydrogens (tertiary/aromatic N) is 1. The number of anilines is 1. The van der Waals surface area contributed by atoms with E-state index in [-0.39, 0.29) is 0 Å². The third kappa shape index (κ3) is 4.37. The van der Waals surface area contributed by atoms with Crippen molar-refractivity contribution in [2.45, 2.75) is 64.2 Å². The standard InChI is InChI=1S/C22H26ClN3/c23-17-13-11-16(12-14-17)21-19(15-24)18-9-7-5-3-1-2-4-6-8-10-20(18)26-22(21)25/h11-14H,1-10H2,(H2,25,26)/p+1. The Morgan fingerprint density at radius 1 is 0.885 bits per heavy atom. The van der Waals surface area contributed by atoms with Crippen LogP contribution in [0.2, 0.25) is 5.02 Å². The number of nitrogens with two attached hydrogens (primary N) is 1. The molecule has 0 bridgehead atoms. The van der Waals surface area contributed by atoms with E-state index in [1.165, 1.54) is 38.5 Å². The zero-order chi connectivity index (χ0) is 18.4. The highest BCUT2D eigenvalue weighted by molar-refractivity contribution is 6.30. The SMILES string of the molecule is N#Cc1c2c([nH+]c(N)c1-c1ccc(Cl)cc1)CCCCCCCCCC2. The number of H-pyrrole nitrogens is 1. The lowest BCUT2D eigenvalue weighted by Gasteiger charge is -2.15. The van der Waals surface area contributed by atoms with Gasteiger partial charge in [0.15, 0.2) is 0 Å². The van der Waals surface area contributed by atoms with E-state index in [4.69, 9.17) is 17.3 Å². The maximum Gasteiger partial charge on any atom is 0.279 e. The number of halogens is 1. The molecule has 3 rings (SSSR count). The lowest BCUT2D eigenvalue weighted by atomic mass is 9.90.